The quantitative estimate of drug-likeness (QED) is 0.407. The van der Waals surface area contributed by atoms with Crippen LogP contribution in [0.4, 0.5) is 0 Å². The van der Waals surface area contributed by atoms with Crippen LogP contribution in [0.2, 0.25) is 0 Å². The summed E-state index contributed by atoms with van der Waals surface area (Å²) in [6.07, 6.45) is 1.63. The zero-order valence-corrected chi connectivity index (χ0v) is 23.0. The molecule has 0 bridgehead atoms. The van der Waals surface area contributed by atoms with Crippen molar-refractivity contribution in [3.63, 3.8) is 0 Å². The van der Waals surface area contributed by atoms with Crippen LogP contribution in [0.15, 0.2) is 52.4 Å². The zero-order chi connectivity index (χ0) is 27.4. The van der Waals surface area contributed by atoms with Crippen LogP contribution in [0.3, 0.4) is 0 Å². The van der Waals surface area contributed by atoms with E-state index in [9.17, 15) is 22.8 Å². The van der Waals surface area contributed by atoms with E-state index in [1.807, 2.05) is 0 Å². The maximum absolute atomic E-state index is 13.0. The number of esters is 2. The summed E-state index contributed by atoms with van der Waals surface area (Å²) in [5, 5.41) is 0. The lowest BCUT2D eigenvalue weighted by Gasteiger charge is -2.29. The van der Waals surface area contributed by atoms with Gasteiger partial charge in [0.1, 0.15) is 6.54 Å². The van der Waals surface area contributed by atoms with Crippen LogP contribution in [0.5, 0.6) is 0 Å². The molecule has 0 unspecified atom stereocenters. The number of benzene rings is 2. The summed E-state index contributed by atoms with van der Waals surface area (Å²) in [6, 6.07) is 10.5. The second-order valence-electron chi connectivity index (χ2n) is 8.98. The van der Waals surface area contributed by atoms with Gasteiger partial charge in [-0.15, -0.1) is 0 Å². The fourth-order valence-electron chi connectivity index (χ4n) is 4.14. The van der Waals surface area contributed by atoms with Crippen molar-refractivity contribution in [3.05, 3.63) is 58.4 Å². The summed E-state index contributed by atoms with van der Waals surface area (Å²) >= 11 is 1.13. The van der Waals surface area contributed by atoms with Gasteiger partial charge in [-0.25, -0.2) is 13.2 Å². The molecule has 1 saturated heterocycles. The first-order valence-electron chi connectivity index (χ1n) is 12.2. The van der Waals surface area contributed by atoms with E-state index in [4.69, 9.17) is 9.47 Å². The van der Waals surface area contributed by atoms with E-state index < -0.39 is 27.9 Å². The van der Waals surface area contributed by atoms with Crippen LogP contribution in [0.25, 0.3) is 10.2 Å². The number of thiazole rings is 1. The fraction of sp³-hybridized carbons (Fsp3) is 0.385. The van der Waals surface area contributed by atoms with Crippen LogP contribution < -0.4 is 4.80 Å². The average Bonchev–Trinajstić information content (AvgIpc) is 3.24. The number of fused-ring (bicyclic) bond motifs is 1. The summed E-state index contributed by atoms with van der Waals surface area (Å²) < 4.78 is 39.5. The van der Waals surface area contributed by atoms with Gasteiger partial charge in [-0.1, -0.05) is 18.3 Å². The topological polar surface area (TPSA) is 124 Å². The second-order valence-corrected chi connectivity index (χ2v) is 11.9. The van der Waals surface area contributed by atoms with Crippen molar-refractivity contribution in [3.8, 4) is 0 Å². The third-order valence-corrected chi connectivity index (χ3v) is 9.34. The lowest BCUT2D eigenvalue weighted by atomic mass is 10.0. The molecule has 0 aliphatic carbocycles. The minimum atomic E-state index is -3.64. The number of carbonyl (C=O) groups excluding carboxylic acids is 3. The molecule has 1 fully saturated rings. The number of aromatic nitrogens is 1. The van der Waals surface area contributed by atoms with E-state index in [2.05, 4.69) is 11.9 Å². The molecule has 2 heterocycles. The molecule has 0 N–H and O–H groups in total. The van der Waals surface area contributed by atoms with Crippen molar-refractivity contribution in [1.82, 2.24) is 8.87 Å². The molecule has 1 aliphatic heterocycles. The Labute approximate surface area is 224 Å². The molecular formula is C26H29N3O7S2. The summed E-state index contributed by atoms with van der Waals surface area (Å²) in [4.78, 5) is 41.8. The molecule has 0 radical (unpaired) electrons. The van der Waals surface area contributed by atoms with E-state index in [0.29, 0.717) is 34.8 Å². The number of methoxy groups -OCH3 is 1. The SMILES string of the molecule is CCOC(=O)c1ccc2c(c1)sc(=NC(=O)c1ccc(S(=O)(=O)N3CCC(C)CC3)cc1)n2CC(=O)OC. The highest BCUT2D eigenvalue weighted by atomic mass is 32.2. The molecule has 12 heteroatoms. The van der Waals surface area contributed by atoms with Crippen molar-refractivity contribution in [2.24, 2.45) is 10.9 Å². The largest absolute Gasteiger partial charge is 0.468 e. The predicted molar refractivity (Wildman–Crippen MR) is 141 cm³/mol. The van der Waals surface area contributed by atoms with Crippen LogP contribution in [-0.4, -0.2) is 61.9 Å². The van der Waals surface area contributed by atoms with Gasteiger partial charge >= 0.3 is 11.9 Å². The van der Waals surface area contributed by atoms with Gasteiger partial charge < -0.3 is 14.0 Å². The number of piperidine rings is 1. The summed E-state index contributed by atoms with van der Waals surface area (Å²) in [6.45, 7) is 4.82. The monoisotopic (exact) mass is 559 g/mol. The van der Waals surface area contributed by atoms with Gasteiger partial charge in [0.15, 0.2) is 4.80 Å². The van der Waals surface area contributed by atoms with Crippen molar-refractivity contribution >= 4 is 49.4 Å². The third kappa shape index (κ3) is 5.87. The number of rotatable bonds is 7. The molecule has 3 aromatic rings. The second kappa shape index (κ2) is 11.6. The molecule has 1 aliphatic rings. The normalized spacial score (nSPS) is 15.5. The molecule has 0 spiro atoms. The molecule has 0 saturated carbocycles. The molecule has 10 nitrogen and oxygen atoms in total. The van der Waals surface area contributed by atoms with Gasteiger partial charge in [-0.2, -0.15) is 9.30 Å². The molecule has 2 aromatic carbocycles. The lowest BCUT2D eigenvalue weighted by Crippen LogP contribution is -2.37. The molecule has 38 heavy (non-hydrogen) atoms. The molecule has 202 valence electrons. The Hall–Kier alpha value is -3.35. The first-order valence-corrected chi connectivity index (χ1v) is 14.5. The smallest absolute Gasteiger partial charge is 0.338 e. The Morgan fingerprint density at radius 3 is 2.34 bits per heavy atom. The average molecular weight is 560 g/mol. The highest BCUT2D eigenvalue weighted by Crippen LogP contribution is 2.24. The van der Waals surface area contributed by atoms with Crippen molar-refractivity contribution < 1.29 is 32.3 Å². The number of nitrogens with zero attached hydrogens (tertiary/aromatic N) is 3. The van der Waals surface area contributed by atoms with Gasteiger partial charge in [0.25, 0.3) is 5.91 Å². The number of amides is 1. The van der Waals surface area contributed by atoms with Gasteiger partial charge in [0, 0.05) is 18.7 Å². The Morgan fingerprint density at radius 2 is 1.71 bits per heavy atom. The molecule has 1 aromatic heterocycles. The van der Waals surface area contributed by atoms with Gasteiger partial charge in [0.05, 0.1) is 34.4 Å². The number of ether oxygens (including phenoxy) is 2. The van der Waals surface area contributed by atoms with E-state index in [-0.39, 0.29) is 28.4 Å². The van der Waals surface area contributed by atoms with E-state index in [1.165, 1.54) is 40.2 Å². The number of hydrogen-bond acceptors (Lipinski definition) is 8. The highest BCUT2D eigenvalue weighted by Gasteiger charge is 2.28. The summed E-state index contributed by atoms with van der Waals surface area (Å²) in [7, 11) is -2.38. The minimum Gasteiger partial charge on any atom is -0.468 e. The maximum atomic E-state index is 13.0. The van der Waals surface area contributed by atoms with E-state index in [0.717, 1.165) is 24.2 Å². The number of sulfonamides is 1. The first kappa shape index (κ1) is 27.7. The van der Waals surface area contributed by atoms with E-state index >= 15 is 0 Å². The Morgan fingerprint density at radius 1 is 1.05 bits per heavy atom. The van der Waals surface area contributed by atoms with Crippen molar-refractivity contribution in [1.29, 1.82) is 0 Å². The van der Waals surface area contributed by atoms with Crippen LogP contribution in [0, 0.1) is 5.92 Å². The number of hydrogen-bond donors (Lipinski definition) is 0. The third-order valence-electron chi connectivity index (χ3n) is 6.39. The zero-order valence-electron chi connectivity index (χ0n) is 21.4. The highest BCUT2D eigenvalue weighted by molar-refractivity contribution is 7.89. The van der Waals surface area contributed by atoms with Crippen molar-refractivity contribution in [2.75, 3.05) is 26.8 Å². The fourth-order valence-corrected chi connectivity index (χ4v) is 6.68. The molecular weight excluding hydrogens is 530 g/mol. The molecule has 1 amide bonds. The Bertz CT molecular complexity index is 1530. The summed E-state index contributed by atoms with van der Waals surface area (Å²) in [5.41, 5.74) is 1.13. The van der Waals surface area contributed by atoms with Crippen LogP contribution >= 0.6 is 11.3 Å². The van der Waals surface area contributed by atoms with E-state index in [1.54, 1.807) is 25.1 Å². The van der Waals surface area contributed by atoms with Crippen molar-refractivity contribution in [2.45, 2.75) is 38.1 Å². The standard InChI is InChI=1S/C26H29N3O7S2/c1-4-36-25(32)19-7-10-21-22(15-19)37-26(29(21)16-23(30)35-3)27-24(31)18-5-8-20(9-6-18)38(33,34)28-13-11-17(2)12-14-28/h5-10,15,17H,4,11-14,16H2,1-3H3. The predicted octanol–water partition coefficient (Wildman–Crippen LogP) is 3.21. The van der Waals surface area contributed by atoms with Gasteiger partial charge in [-0.3, -0.25) is 9.59 Å². The molecule has 4 rings (SSSR count). The molecule has 0 atom stereocenters. The maximum Gasteiger partial charge on any atom is 0.338 e. The number of carbonyl (C=O) groups is 3. The summed E-state index contributed by atoms with van der Waals surface area (Å²) in [5.74, 6) is -1.12. The first-order chi connectivity index (χ1) is 18.1. The van der Waals surface area contributed by atoms with Gasteiger partial charge in [-0.05, 0) is 68.1 Å². The lowest BCUT2D eigenvalue weighted by molar-refractivity contribution is -0.141. The Balaban J connectivity index is 1.66. The van der Waals surface area contributed by atoms with Crippen LogP contribution in [0.1, 0.15) is 47.4 Å². The minimum absolute atomic E-state index is 0.123. The van der Waals surface area contributed by atoms with Crippen LogP contribution in [-0.2, 0) is 30.8 Å². The Kier molecular flexibility index (Phi) is 8.44. The van der Waals surface area contributed by atoms with Gasteiger partial charge in [0.2, 0.25) is 10.0 Å².